The fourth-order valence-electron chi connectivity index (χ4n) is 0.452. The summed E-state index contributed by atoms with van der Waals surface area (Å²) in [6.45, 7) is 0. The zero-order valence-electron chi connectivity index (χ0n) is 6.13. The average molecular weight is 244 g/mol. The Balaban J connectivity index is 0. The maximum Gasteiger partial charge on any atom is 1.00 e. The molecule has 1 rings (SSSR count). The fraction of sp³-hybridized carbons (Fsp3) is 0. The number of hydrogen-bond acceptors (Lipinski definition) is 1. The molecule has 0 atom stereocenters. The van der Waals surface area contributed by atoms with Gasteiger partial charge in [-0.2, -0.15) is 0 Å². The van der Waals surface area contributed by atoms with E-state index < -0.39 is 0 Å². The van der Waals surface area contributed by atoms with Crippen molar-refractivity contribution < 1.29 is 36.1 Å². The van der Waals surface area contributed by atoms with Gasteiger partial charge >= 0.3 is 29.6 Å². The van der Waals surface area contributed by atoms with Gasteiger partial charge in [0, 0.05) is 0 Å². The first-order chi connectivity index (χ1) is 3.80. The number of phenols is 1. The van der Waals surface area contributed by atoms with E-state index in [1.54, 1.807) is 12.1 Å². The molecular formula is C6H6INaO. The molecule has 0 fully saturated rings. The van der Waals surface area contributed by atoms with Gasteiger partial charge < -0.3 is 6.53 Å². The molecule has 1 nitrogen and oxygen atoms in total. The first-order valence-corrected chi connectivity index (χ1v) is 3.32. The van der Waals surface area contributed by atoms with Crippen LogP contribution in [0.2, 0.25) is 0 Å². The Morgan fingerprint density at radius 1 is 1.33 bits per heavy atom. The van der Waals surface area contributed by atoms with Crippen molar-refractivity contribution in [3.05, 3.63) is 27.8 Å². The number of benzene rings is 1. The molecule has 0 aliphatic rings. The van der Waals surface area contributed by atoms with E-state index in [1.807, 2.05) is 12.1 Å². The number of aromatic hydroxyl groups is 1. The van der Waals surface area contributed by atoms with Crippen LogP contribution in [-0.4, -0.2) is 5.11 Å². The minimum absolute atomic E-state index is 0. The Bertz CT molecular complexity index is 174. The number of hydrogen-bond donors (Lipinski definition) is 1. The molecule has 0 aromatic heterocycles. The molecule has 0 saturated heterocycles. The molecule has 0 spiro atoms. The molecule has 44 valence electrons. The summed E-state index contributed by atoms with van der Waals surface area (Å²) >= 11 is 2.07. The van der Waals surface area contributed by atoms with E-state index in [9.17, 15) is 0 Å². The second kappa shape index (κ2) is 4.55. The molecule has 0 bridgehead atoms. The second-order valence-corrected chi connectivity index (χ2v) is 2.61. The summed E-state index contributed by atoms with van der Waals surface area (Å²) in [5, 5.41) is 8.91. The van der Waals surface area contributed by atoms with E-state index in [0.29, 0.717) is 5.75 Å². The van der Waals surface area contributed by atoms with Crippen molar-refractivity contribution in [1.82, 2.24) is 0 Å². The van der Waals surface area contributed by atoms with Crippen LogP contribution in [0, 0.1) is 3.57 Å². The first kappa shape index (κ1) is 9.75. The summed E-state index contributed by atoms with van der Waals surface area (Å²) in [7, 11) is 0. The Hall–Kier alpha value is 0.750. The molecule has 0 aliphatic carbocycles. The zero-order valence-corrected chi connectivity index (χ0v) is 9.29. The fourth-order valence-corrected chi connectivity index (χ4v) is 0.839. The van der Waals surface area contributed by atoms with E-state index in [2.05, 4.69) is 22.6 Å². The normalized spacial score (nSPS) is 8.11. The van der Waals surface area contributed by atoms with E-state index in [-0.39, 0.29) is 31.0 Å². The molecule has 0 aliphatic heterocycles. The van der Waals surface area contributed by atoms with Crippen LogP contribution >= 0.6 is 22.6 Å². The van der Waals surface area contributed by atoms with Gasteiger partial charge in [-0.3, -0.25) is 0 Å². The van der Waals surface area contributed by atoms with Crippen molar-refractivity contribution in [2.24, 2.45) is 0 Å². The average Bonchev–Trinajstić information content (AvgIpc) is 1.77. The summed E-state index contributed by atoms with van der Waals surface area (Å²) in [5.74, 6) is 0.355. The molecule has 1 N–H and O–H groups in total. The Kier molecular flexibility index (Phi) is 4.93. The molecule has 0 amide bonds. The van der Waals surface area contributed by atoms with Crippen molar-refractivity contribution in [2.45, 2.75) is 0 Å². The van der Waals surface area contributed by atoms with E-state index >= 15 is 0 Å². The predicted molar refractivity (Wildman–Crippen MR) is 41.9 cm³/mol. The quantitative estimate of drug-likeness (QED) is 0.464. The van der Waals surface area contributed by atoms with Crippen LogP contribution in [-0.2, 0) is 0 Å². The van der Waals surface area contributed by atoms with E-state index in [0.717, 1.165) is 3.57 Å². The van der Waals surface area contributed by atoms with Gasteiger partial charge in [-0.1, -0.05) is 12.1 Å². The predicted octanol–water partition coefficient (Wildman–Crippen LogP) is -0.887. The molecular weight excluding hydrogens is 238 g/mol. The number of rotatable bonds is 0. The minimum Gasteiger partial charge on any atom is -1.00 e. The van der Waals surface area contributed by atoms with Crippen LogP contribution in [0.25, 0.3) is 0 Å². The molecule has 3 heteroatoms. The van der Waals surface area contributed by atoms with Crippen LogP contribution in [0.1, 0.15) is 1.43 Å². The summed E-state index contributed by atoms with van der Waals surface area (Å²) in [5.41, 5.74) is 0. The number of phenolic OH excluding ortho intramolecular Hbond substituents is 1. The van der Waals surface area contributed by atoms with E-state index in [1.165, 1.54) is 0 Å². The third kappa shape index (κ3) is 2.89. The van der Waals surface area contributed by atoms with Gasteiger partial charge in [-0.15, -0.1) is 0 Å². The maximum atomic E-state index is 8.91. The molecule has 1 aromatic carbocycles. The Morgan fingerprint density at radius 2 is 1.89 bits per heavy atom. The molecule has 0 radical (unpaired) electrons. The van der Waals surface area contributed by atoms with Gasteiger partial charge in [0.2, 0.25) is 0 Å². The smallest absolute Gasteiger partial charge is 1.00 e. The first-order valence-electron chi connectivity index (χ1n) is 2.24. The van der Waals surface area contributed by atoms with Crippen LogP contribution in [0.4, 0.5) is 0 Å². The Morgan fingerprint density at radius 3 is 2.22 bits per heavy atom. The van der Waals surface area contributed by atoms with Gasteiger partial charge in [0.05, 0.1) is 3.57 Å². The minimum atomic E-state index is 0. The van der Waals surface area contributed by atoms with Gasteiger partial charge in [-0.05, 0) is 34.7 Å². The van der Waals surface area contributed by atoms with Gasteiger partial charge in [0.1, 0.15) is 5.75 Å². The van der Waals surface area contributed by atoms with Crippen LogP contribution in [0.15, 0.2) is 24.3 Å². The van der Waals surface area contributed by atoms with Crippen molar-refractivity contribution in [2.75, 3.05) is 0 Å². The molecule has 9 heavy (non-hydrogen) atoms. The number of para-hydroxylation sites is 1. The van der Waals surface area contributed by atoms with Gasteiger partial charge in [0.25, 0.3) is 0 Å². The van der Waals surface area contributed by atoms with Gasteiger partial charge in [0.15, 0.2) is 0 Å². The number of halogens is 1. The summed E-state index contributed by atoms with van der Waals surface area (Å²) in [6, 6.07) is 7.22. The second-order valence-electron chi connectivity index (χ2n) is 1.45. The van der Waals surface area contributed by atoms with Crippen LogP contribution in [0.3, 0.4) is 0 Å². The van der Waals surface area contributed by atoms with Crippen LogP contribution in [0.5, 0.6) is 5.75 Å². The summed E-state index contributed by atoms with van der Waals surface area (Å²) in [4.78, 5) is 0. The Labute approximate surface area is 91.4 Å². The van der Waals surface area contributed by atoms with Crippen molar-refractivity contribution >= 4 is 22.6 Å². The third-order valence-corrected chi connectivity index (χ3v) is 1.76. The van der Waals surface area contributed by atoms with Crippen molar-refractivity contribution in [3.63, 3.8) is 0 Å². The topological polar surface area (TPSA) is 20.2 Å². The molecule has 0 heterocycles. The summed E-state index contributed by atoms with van der Waals surface area (Å²) in [6.07, 6.45) is 0. The third-order valence-electron chi connectivity index (χ3n) is 0.852. The maximum absolute atomic E-state index is 8.91. The van der Waals surface area contributed by atoms with Crippen molar-refractivity contribution in [3.8, 4) is 5.75 Å². The van der Waals surface area contributed by atoms with Crippen LogP contribution < -0.4 is 29.6 Å². The monoisotopic (exact) mass is 244 g/mol. The van der Waals surface area contributed by atoms with Crippen molar-refractivity contribution in [1.29, 1.82) is 0 Å². The molecule has 0 unspecified atom stereocenters. The SMILES string of the molecule is Oc1ccccc1I.[H-].[Na+]. The summed E-state index contributed by atoms with van der Waals surface area (Å²) < 4.78 is 0.894. The molecule has 1 aromatic rings. The van der Waals surface area contributed by atoms with Gasteiger partial charge in [-0.25, -0.2) is 0 Å². The van der Waals surface area contributed by atoms with E-state index in [4.69, 9.17) is 5.11 Å². The zero-order chi connectivity index (χ0) is 5.98. The largest absolute Gasteiger partial charge is 1.00 e. The standard InChI is InChI=1S/C6H5IO.Na.H/c7-5-3-1-2-4-6(5)8;;/h1-4,8H;;/q;+1;-1. The molecule has 0 saturated carbocycles.